The summed E-state index contributed by atoms with van der Waals surface area (Å²) in [5.74, 6) is 0.425. The van der Waals surface area contributed by atoms with Crippen LogP contribution in [0, 0.1) is 0 Å². The van der Waals surface area contributed by atoms with Gasteiger partial charge < -0.3 is 29.4 Å². The largest absolute Gasteiger partial charge is 0.490 e. The van der Waals surface area contributed by atoms with Crippen LogP contribution in [0.4, 0.5) is 0 Å². The average molecular weight is 405 g/mol. The van der Waals surface area contributed by atoms with Crippen LogP contribution >= 0.6 is 36.8 Å². The van der Waals surface area contributed by atoms with Gasteiger partial charge in [-0.1, -0.05) is 0 Å². The Morgan fingerprint density at radius 3 is 2.39 bits per heavy atom. The molecule has 1 aromatic carbocycles. The van der Waals surface area contributed by atoms with E-state index < -0.39 is 32.8 Å². The Morgan fingerprint density at radius 2 is 1.87 bits per heavy atom. The minimum absolute atomic E-state index is 0.242. The number of ether oxygens (including phenoxy) is 1. The molecule has 0 fully saturated rings. The minimum atomic E-state index is -5.48. The Balaban J connectivity index is 2.24. The molecule has 1 aliphatic heterocycles. The van der Waals surface area contributed by atoms with E-state index in [1.165, 1.54) is 0 Å². The SMILES string of the molecule is O=P(O)(O)C(O)(CC1CCc2cc(SCl)ccc2O1)P(=O)(O)O. The summed E-state index contributed by atoms with van der Waals surface area (Å²) in [6.45, 7) is 0. The fraction of sp³-hybridized carbons (Fsp3) is 0.455. The van der Waals surface area contributed by atoms with E-state index in [1.54, 1.807) is 18.2 Å². The molecule has 0 saturated carbocycles. The molecule has 5 N–H and O–H groups in total. The van der Waals surface area contributed by atoms with E-state index in [2.05, 4.69) is 0 Å². The molecule has 23 heavy (non-hydrogen) atoms. The van der Waals surface area contributed by atoms with Crippen molar-refractivity contribution in [2.24, 2.45) is 0 Å². The summed E-state index contributed by atoms with van der Waals surface area (Å²) in [6.07, 6.45) is -1.12. The van der Waals surface area contributed by atoms with E-state index in [0.717, 1.165) is 21.4 Å². The van der Waals surface area contributed by atoms with Crippen LogP contribution in [0.5, 0.6) is 5.75 Å². The molecule has 130 valence electrons. The van der Waals surface area contributed by atoms with E-state index >= 15 is 0 Å². The molecular weight excluding hydrogens is 390 g/mol. The first-order valence-corrected chi connectivity index (χ1v) is 11.3. The van der Waals surface area contributed by atoms with Gasteiger partial charge >= 0.3 is 15.2 Å². The molecule has 0 bridgehead atoms. The van der Waals surface area contributed by atoms with Gasteiger partial charge in [-0.25, -0.2) is 0 Å². The zero-order chi connectivity index (χ0) is 17.5. The summed E-state index contributed by atoms with van der Waals surface area (Å²) < 4.78 is 28.3. The van der Waals surface area contributed by atoms with Crippen molar-refractivity contribution in [3.8, 4) is 5.75 Å². The van der Waals surface area contributed by atoms with Gasteiger partial charge in [-0.2, -0.15) is 0 Å². The number of fused-ring (bicyclic) bond motifs is 1. The zero-order valence-corrected chi connectivity index (χ0v) is 14.9. The number of aliphatic hydroxyl groups is 1. The van der Waals surface area contributed by atoms with Crippen molar-refractivity contribution >= 4 is 36.8 Å². The van der Waals surface area contributed by atoms with Crippen LogP contribution in [-0.2, 0) is 15.6 Å². The molecule has 0 spiro atoms. The lowest BCUT2D eigenvalue weighted by Crippen LogP contribution is -2.37. The highest BCUT2D eigenvalue weighted by molar-refractivity contribution is 8.21. The molecule has 1 aliphatic rings. The molecule has 8 nitrogen and oxygen atoms in total. The van der Waals surface area contributed by atoms with Gasteiger partial charge in [0, 0.05) is 11.3 Å². The maximum atomic E-state index is 11.4. The second-order valence-electron chi connectivity index (χ2n) is 5.19. The van der Waals surface area contributed by atoms with Gasteiger partial charge in [-0.05, 0) is 58.3 Å². The normalized spacial score (nSPS) is 19.1. The minimum Gasteiger partial charge on any atom is -0.490 e. The van der Waals surface area contributed by atoms with Gasteiger partial charge in [0.1, 0.15) is 11.9 Å². The number of rotatable bonds is 5. The van der Waals surface area contributed by atoms with Crippen molar-refractivity contribution in [1.82, 2.24) is 0 Å². The first kappa shape index (κ1) is 19.2. The average Bonchev–Trinajstić information content (AvgIpc) is 2.44. The van der Waals surface area contributed by atoms with E-state index in [0.29, 0.717) is 12.2 Å². The Kier molecular flexibility index (Phi) is 5.58. The summed E-state index contributed by atoms with van der Waals surface area (Å²) in [5.41, 5.74) is 0.822. The second kappa shape index (κ2) is 6.67. The van der Waals surface area contributed by atoms with Crippen molar-refractivity contribution in [1.29, 1.82) is 0 Å². The fourth-order valence-electron chi connectivity index (χ4n) is 2.33. The van der Waals surface area contributed by atoms with E-state index in [-0.39, 0.29) is 6.42 Å². The monoisotopic (exact) mass is 404 g/mol. The Labute approximate surface area is 140 Å². The zero-order valence-electron chi connectivity index (χ0n) is 11.6. The molecule has 0 saturated heterocycles. The summed E-state index contributed by atoms with van der Waals surface area (Å²) >= 11 is 0. The van der Waals surface area contributed by atoms with Gasteiger partial charge in [0.05, 0.1) is 0 Å². The molecule has 0 aromatic heterocycles. The lowest BCUT2D eigenvalue weighted by Gasteiger charge is -2.34. The van der Waals surface area contributed by atoms with Crippen molar-refractivity contribution in [2.45, 2.75) is 35.3 Å². The number of hydrogen-bond acceptors (Lipinski definition) is 5. The van der Waals surface area contributed by atoms with Gasteiger partial charge in [-0.3, -0.25) is 9.13 Å². The van der Waals surface area contributed by atoms with E-state index in [1.807, 2.05) is 0 Å². The molecule has 1 heterocycles. The second-order valence-corrected chi connectivity index (χ2v) is 10.3. The summed E-state index contributed by atoms with van der Waals surface area (Å²) in [4.78, 5) is 37.5. The van der Waals surface area contributed by atoms with Crippen LogP contribution in [0.25, 0.3) is 0 Å². The Hall–Kier alpha value is -0.0800. The maximum absolute atomic E-state index is 11.4. The lowest BCUT2D eigenvalue weighted by atomic mass is 10.0. The summed E-state index contributed by atoms with van der Waals surface area (Å²) in [7, 11) is -4.28. The van der Waals surface area contributed by atoms with Gasteiger partial charge in [0.25, 0.3) is 5.08 Å². The molecule has 1 unspecified atom stereocenters. The molecule has 0 aliphatic carbocycles. The maximum Gasteiger partial charge on any atom is 0.369 e. The van der Waals surface area contributed by atoms with Crippen LogP contribution < -0.4 is 4.74 Å². The van der Waals surface area contributed by atoms with E-state index in [9.17, 15) is 14.2 Å². The van der Waals surface area contributed by atoms with Crippen LogP contribution in [0.2, 0.25) is 0 Å². The molecule has 2 rings (SSSR count). The molecule has 0 amide bonds. The van der Waals surface area contributed by atoms with Crippen molar-refractivity contribution in [3.05, 3.63) is 23.8 Å². The molecule has 1 aromatic rings. The highest BCUT2D eigenvalue weighted by atomic mass is 35.7. The summed E-state index contributed by atoms with van der Waals surface area (Å²) in [5, 5.41) is 6.48. The van der Waals surface area contributed by atoms with Crippen LogP contribution in [-0.4, -0.2) is 35.9 Å². The predicted octanol–water partition coefficient (Wildman–Crippen LogP) is 2.02. The predicted molar refractivity (Wildman–Crippen MR) is 84.5 cm³/mol. The molecule has 0 radical (unpaired) electrons. The molecular formula is C11H15ClO8P2S. The Morgan fingerprint density at radius 1 is 1.26 bits per heavy atom. The fourth-order valence-corrected chi connectivity index (χ4v) is 5.16. The first-order chi connectivity index (χ1) is 10.5. The third-order valence-electron chi connectivity index (χ3n) is 3.58. The number of benzene rings is 1. The highest BCUT2D eigenvalue weighted by Crippen LogP contribution is 2.69. The highest BCUT2D eigenvalue weighted by Gasteiger charge is 2.60. The topological polar surface area (TPSA) is 145 Å². The van der Waals surface area contributed by atoms with E-state index in [4.69, 9.17) is 35.0 Å². The van der Waals surface area contributed by atoms with Crippen molar-refractivity contribution < 1.29 is 38.5 Å². The van der Waals surface area contributed by atoms with Crippen molar-refractivity contribution in [3.63, 3.8) is 0 Å². The number of aryl methyl sites for hydroxylation is 1. The third-order valence-corrected chi connectivity index (χ3v) is 8.35. The smallest absolute Gasteiger partial charge is 0.369 e. The molecule has 12 heteroatoms. The number of halogens is 1. The standard InChI is InChI=1S/C11H15ClO8P2S/c12-23-9-3-4-10-7(5-9)1-2-8(20-10)6-11(13,21(14,15)16)22(17,18)19/h3-5,8,13H,1-2,6H2,(H2,14,15,16)(H2,17,18,19). The Bertz CT molecular complexity index is 665. The first-order valence-electron chi connectivity index (χ1n) is 6.40. The lowest BCUT2D eigenvalue weighted by molar-refractivity contribution is 0.0654. The molecule has 1 atom stereocenters. The van der Waals surface area contributed by atoms with Gasteiger partial charge in [0.15, 0.2) is 0 Å². The van der Waals surface area contributed by atoms with Crippen molar-refractivity contribution in [2.75, 3.05) is 0 Å². The third kappa shape index (κ3) is 3.95. The summed E-state index contributed by atoms with van der Waals surface area (Å²) in [6, 6.07) is 5.08. The van der Waals surface area contributed by atoms with Crippen LogP contribution in [0.15, 0.2) is 23.1 Å². The number of hydrogen-bond donors (Lipinski definition) is 5. The van der Waals surface area contributed by atoms with Gasteiger partial charge in [-0.15, -0.1) is 0 Å². The van der Waals surface area contributed by atoms with Gasteiger partial charge in [0.2, 0.25) is 0 Å². The van der Waals surface area contributed by atoms with Crippen LogP contribution in [0.1, 0.15) is 18.4 Å². The van der Waals surface area contributed by atoms with Crippen LogP contribution in [0.3, 0.4) is 0 Å². The quantitative estimate of drug-likeness (QED) is 0.465.